The van der Waals surface area contributed by atoms with Crippen molar-refractivity contribution in [1.29, 1.82) is 0 Å². The quantitative estimate of drug-likeness (QED) is 0.841. The fraction of sp³-hybridized carbons (Fsp3) is 0.500. The molecule has 2 aromatic rings. The molecule has 1 unspecified atom stereocenters. The second kappa shape index (κ2) is 5.65. The van der Waals surface area contributed by atoms with E-state index in [1.807, 2.05) is 12.3 Å². The fourth-order valence-electron chi connectivity index (χ4n) is 2.30. The predicted octanol–water partition coefficient (Wildman–Crippen LogP) is 3.23. The van der Waals surface area contributed by atoms with Gasteiger partial charge < -0.3 is 9.09 Å². The standard InChI is InChI=1S/C16H22N2O2/c1-12(13-6-8-18(4)15(19)9-13)5-7-16(2,3)14-10-17-20-11-14/h6,8-12H,5,7H2,1-4H3. The highest BCUT2D eigenvalue weighted by Gasteiger charge is 2.23. The molecule has 4 heteroatoms. The highest BCUT2D eigenvalue weighted by molar-refractivity contribution is 5.18. The molecule has 0 aromatic carbocycles. The van der Waals surface area contributed by atoms with Crippen molar-refractivity contribution in [2.45, 2.75) is 44.9 Å². The molecule has 108 valence electrons. The zero-order valence-electron chi connectivity index (χ0n) is 12.6. The van der Waals surface area contributed by atoms with E-state index in [0.717, 1.165) is 24.0 Å². The van der Waals surface area contributed by atoms with Gasteiger partial charge in [-0.1, -0.05) is 25.9 Å². The second-order valence-electron chi connectivity index (χ2n) is 6.15. The van der Waals surface area contributed by atoms with Crippen LogP contribution in [0.3, 0.4) is 0 Å². The van der Waals surface area contributed by atoms with Gasteiger partial charge in [0.1, 0.15) is 6.26 Å². The molecule has 0 N–H and O–H groups in total. The molecule has 0 bridgehead atoms. The van der Waals surface area contributed by atoms with Gasteiger partial charge in [-0.2, -0.15) is 0 Å². The summed E-state index contributed by atoms with van der Waals surface area (Å²) in [6, 6.07) is 3.76. The van der Waals surface area contributed by atoms with Crippen LogP contribution in [0.4, 0.5) is 0 Å². The number of hydrogen-bond acceptors (Lipinski definition) is 3. The van der Waals surface area contributed by atoms with Crippen LogP contribution in [0, 0.1) is 0 Å². The van der Waals surface area contributed by atoms with E-state index in [0.29, 0.717) is 5.92 Å². The normalized spacial score (nSPS) is 13.4. The molecule has 0 amide bonds. The maximum absolute atomic E-state index is 11.7. The Hall–Kier alpha value is -1.84. The molecule has 4 nitrogen and oxygen atoms in total. The molecular formula is C16H22N2O2. The van der Waals surface area contributed by atoms with Crippen LogP contribution in [0.15, 0.2) is 40.1 Å². The van der Waals surface area contributed by atoms with E-state index in [-0.39, 0.29) is 11.0 Å². The summed E-state index contributed by atoms with van der Waals surface area (Å²) in [6.07, 6.45) is 7.36. The minimum absolute atomic E-state index is 0.0357. The fourth-order valence-corrected chi connectivity index (χ4v) is 2.30. The largest absolute Gasteiger partial charge is 0.364 e. The van der Waals surface area contributed by atoms with Crippen molar-refractivity contribution in [3.8, 4) is 0 Å². The van der Waals surface area contributed by atoms with Crippen molar-refractivity contribution in [2.75, 3.05) is 0 Å². The lowest BCUT2D eigenvalue weighted by atomic mass is 9.79. The molecule has 0 saturated carbocycles. The maximum atomic E-state index is 11.7. The van der Waals surface area contributed by atoms with Gasteiger partial charge in [0.05, 0.1) is 6.20 Å². The van der Waals surface area contributed by atoms with Gasteiger partial charge in [0.2, 0.25) is 0 Å². The summed E-state index contributed by atoms with van der Waals surface area (Å²) in [6.45, 7) is 6.55. The Morgan fingerprint density at radius 3 is 2.80 bits per heavy atom. The van der Waals surface area contributed by atoms with Crippen LogP contribution in [0.1, 0.15) is 50.7 Å². The van der Waals surface area contributed by atoms with Crippen molar-refractivity contribution in [3.63, 3.8) is 0 Å². The zero-order valence-corrected chi connectivity index (χ0v) is 12.6. The maximum Gasteiger partial charge on any atom is 0.250 e. The summed E-state index contributed by atoms with van der Waals surface area (Å²) in [4.78, 5) is 11.7. The summed E-state index contributed by atoms with van der Waals surface area (Å²) in [5, 5.41) is 3.78. The highest BCUT2D eigenvalue weighted by Crippen LogP contribution is 2.32. The van der Waals surface area contributed by atoms with Crippen LogP contribution >= 0.6 is 0 Å². The van der Waals surface area contributed by atoms with E-state index >= 15 is 0 Å². The molecule has 0 aliphatic rings. The van der Waals surface area contributed by atoms with E-state index in [1.165, 1.54) is 0 Å². The van der Waals surface area contributed by atoms with Gasteiger partial charge >= 0.3 is 0 Å². The summed E-state index contributed by atoms with van der Waals surface area (Å²) in [7, 11) is 1.77. The van der Waals surface area contributed by atoms with Crippen LogP contribution in [0.5, 0.6) is 0 Å². The van der Waals surface area contributed by atoms with Crippen LogP contribution in [-0.4, -0.2) is 9.72 Å². The van der Waals surface area contributed by atoms with Crippen molar-refractivity contribution >= 4 is 0 Å². The third-order valence-electron chi connectivity index (χ3n) is 4.11. The van der Waals surface area contributed by atoms with Gasteiger partial charge in [-0.25, -0.2) is 0 Å². The summed E-state index contributed by atoms with van der Waals surface area (Å²) < 4.78 is 6.52. The molecule has 0 saturated heterocycles. The Kier molecular flexibility index (Phi) is 4.12. The molecule has 0 aliphatic carbocycles. The SMILES string of the molecule is CC(CCC(C)(C)c1cnoc1)c1ccn(C)c(=O)c1. The van der Waals surface area contributed by atoms with E-state index in [2.05, 4.69) is 25.9 Å². The first kappa shape index (κ1) is 14.6. The zero-order chi connectivity index (χ0) is 14.8. The summed E-state index contributed by atoms with van der Waals surface area (Å²) >= 11 is 0. The third kappa shape index (κ3) is 3.18. The van der Waals surface area contributed by atoms with Gasteiger partial charge in [0.25, 0.3) is 5.56 Å². The first-order valence-electron chi connectivity index (χ1n) is 6.96. The molecule has 0 fully saturated rings. The van der Waals surface area contributed by atoms with Gasteiger partial charge in [-0.05, 0) is 35.8 Å². The molecular weight excluding hydrogens is 252 g/mol. The number of nitrogens with zero attached hydrogens (tertiary/aromatic N) is 2. The third-order valence-corrected chi connectivity index (χ3v) is 4.11. The molecule has 0 aliphatic heterocycles. The number of aryl methyl sites for hydroxylation is 1. The lowest BCUT2D eigenvalue weighted by molar-refractivity contribution is 0.407. The average Bonchev–Trinajstić information content (AvgIpc) is 2.94. The Bertz CT molecular complexity index is 612. The van der Waals surface area contributed by atoms with Gasteiger partial charge in [-0.15, -0.1) is 0 Å². The minimum atomic E-state index is 0.0357. The Morgan fingerprint density at radius 1 is 1.45 bits per heavy atom. The monoisotopic (exact) mass is 274 g/mol. The molecule has 0 spiro atoms. The lowest BCUT2D eigenvalue weighted by Gasteiger charge is -2.24. The van der Waals surface area contributed by atoms with Crippen molar-refractivity contribution in [3.05, 3.63) is 52.3 Å². The first-order valence-corrected chi connectivity index (χ1v) is 6.96. The topological polar surface area (TPSA) is 48.0 Å². The van der Waals surface area contributed by atoms with E-state index in [4.69, 9.17) is 4.52 Å². The van der Waals surface area contributed by atoms with Crippen molar-refractivity contribution in [1.82, 2.24) is 9.72 Å². The molecule has 20 heavy (non-hydrogen) atoms. The van der Waals surface area contributed by atoms with Crippen molar-refractivity contribution in [2.24, 2.45) is 7.05 Å². The second-order valence-corrected chi connectivity index (χ2v) is 6.15. The van der Waals surface area contributed by atoms with Gasteiger partial charge in [-0.3, -0.25) is 4.79 Å². The van der Waals surface area contributed by atoms with E-state index in [9.17, 15) is 4.79 Å². The lowest BCUT2D eigenvalue weighted by Crippen LogP contribution is -2.18. The Balaban J connectivity index is 2.03. The predicted molar refractivity (Wildman–Crippen MR) is 78.9 cm³/mol. The summed E-state index contributed by atoms with van der Waals surface area (Å²) in [5.41, 5.74) is 2.31. The highest BCUT2D eigenvalue weighted by atomic mass is 16.5. The van der Waals surface area contributed by atoms with Crippen LogP contribution in [-0.2, 0) is 12.5 Å². The number of pyridine rings is 1. The molecule has 2 aromatic heterocycles. The minimum Gasteiger partial charge on any atom is -0.364 e. The van der Waals surface area contributed by atoms with Crippen LogP contribution in [0.2, 0.25) is 0 Å². The average molecular weight is 274 g/mol. The van der Waals surface area contributed by atoms with Crippen LogP contribution in [0.25, 0.3) is 0 Å². The van der Waals surface area contributed by atoms with E-state index in [1.54, 1.807) is 30.1 Å². The van der Waals surface area contributed by atoms with Gasteiger partial charge in [0, 0.05) is 24.9 Å². The van der Waals surface area contributed by atoms with Gasteiger partial charge in [0.15, 0.2) is 0 Å². The molecule has 2 heterocycles. The van der Waals surface area contributed by atoms with Crippen LogP contribution < -0.4 is 5.56 Å². The number of hydrogen-bond donors (Lipinski definition) is 0. The Morgan fingerprint density at radius 2 is 2.20 bits per heavy atom. The molecule has 1 atom stereocenters. The smallest absolute Gasteiger partial charge is 0.250 e. The summed E-state index contributed by atoms with van der Waals surface area (Å²) in [5.74, 6) is 0.364. The van der Waals surface area contributed by atoms with E-state index < -0.39 is 0 Å². The molecule has 0 radical (unpaired) electrons. The molecule has 2 rings (SSSR count). The number of rotatable bonds is 5. The Labute approximate surface area is 119 Å². The first-order chi connectivity index (χ1) is 9.40. The number of aromatic nitrogens is 2. The van der Waals surface area contributed by atoms with Crippen molar-refractivity contribution < 1.29 is 4.52 Å².